The lowest BCUT2D eigenvalue weighted by atomic mass is 9.77. The topological polar surface area (TPSA) is 211 Å². The fourth-order valence-electron chi connectivity index (χ4n) is 4.82. The highest BCUT2D eigenvalue weighted by Crippen LogP contribution is 2.53. The zero-order valence-corrected chi connectivity index (χ0v) is 20.9. The number of halogens is 1. The van der Waals surface area contributed by atoms with Gasteiger partial charge < -0.3 is 43.5 Å². The number of hydrogen-bond acceptors (Lipinski definition) is 12. The molecule has 2 aromatic rings. The minimum Gasteiger partial charge on any atom is -0.507 e. The van der Waals surface area contributed by atoms with Crippen LogP contribution in [-0.4, -0.2) is 84.1 Å². The van der Waals surface area contributed by atoms with Crippen LogP contribution in [0.5, 0.6) is 23.0 Å². The first-order chi connectivity index (χ1) is 16.9. The highest BCUT2D eigenvalue weighted by molar-refractivity contribution is 14.1. The molecular weight excluding hydrogens is 595 g/mol. The first-order valence-corrected chi connectivity index (χ1v) is 11.4. The number of fused-ring (bicyclic) bond motifs is 2. The monoisotopic (exact) mass is 616 g/mol. The molecule has 4 rings (SSSR count). The van der Waals surface area contributed by atoms with Crippen LogP contribution in [0.2, 0.25) is 0 Å². The SMILES string of the molecule is CC(=O)c1c(O)cc2c(c1C)C(=O)c1c(O)c(C3O[C@H](CO)[C@@H](O)[C@H](O)[C@H]3O)c(OI)c(O)c1C2=O. The van der Waals surface area contributed by atoms with Gasteiger partial charge in [0.25, 0.3) is 0 Å². The van der Waals surface area contributed by atoms with Crippen molar-refractivity contribution in [2.45, 2.75) is 44.4 Å². The summed E-state index contributed by atoms with van der Waals surface area (Å²) in [6, 6.07) is 0.925. The summed E-state index contributed by atoms with van der Waals surface area (Å²) < 4.78 is 10.6. The molecule has 2 aliphatic rings. The Morgan fingerprint density at radius 1 is 1.00 bits per heavy atom. The summed E-state index contributed by atoms with van der Waals surface area (Å²) in [7, 11) is 0. The molecule has 192 valence electrons. The van der Waals surface area contributed by atoms with Crippen LogP contribution in [0.3, 0.4) is 0 Å². The highest BCUT2D eigenvalue weighted by Gasteiger charge is 2.49. The first-order valence-electron chi connectivity index (χ1n) is 10.6. The lowest BCUT2D eigenvalue weighted by Crippen LogP contribution is -2.55. The molecule has 0 aromatic heterocycles. The van der Waals surface area contributed by atoms with Crippen molar-refractivity contribution in [1.82, 2.24) is 0 Å². The van der Waals surface area contributed by atoms with Crippen molar-refractivity contribution >= 4 is 40.4 Å². The normalized spacial score (nSPS) is 25.4. The fourth-order valence-corrected chi connectivity index (χ4v) is 5.27. The summed E-state index contributed by atoms with van der Waals surface area (Å²) in [6.07, 6.45) is -8.62. The molecule has 5 atom stereocenters. The second kappa shape index (κ2) is 9.24. The maximum Gasteiger partial charge on any atom is 0.198 e. The molecule has 1 saturated heterocycles. The van der Waals surface area contributed by atoms with Gasteiger partial charge in [-0.2, -0.15) is 0 Å². The van der Waals surface area contributed by atoms with Gasteiger partial charge >= 0.3 is 0 Å². The van der Waals surface area contributed by atoms with Gasteiger partial charge in [-0.3, -0.25) is 14.4 Å². The fraction of sp³-hybridized carbons (Fsp3) is 0.348. The van der Waals surface area contributed by atoms with Gasteiger partial charge in [0.2, 0.25) is 0 Å². The summed E-state index contributed by atoms with van der Waals surface area (Å²) in [4.78, 5) is 39.0. The molecule has 2 aromatic carbocycles. The van der Waals surface area contributed by atoms with Gasteiger partial charge in [-0.25, -0.2) is 0 Å². The zero-order chi connectivity index (χ0) is 26.8. The number of benzene rings is 2. The molecule has 1 aliphatic carbocycles. The van der Waals surface area contributed by atoms with E-state index in [1.54, 1.807) is 0 Å². The molecule has 7 N–H and O–H groups in total. The zero-order valence-electron chi connectivity index (χ0n) is 18.7. The Hall–Kier alpha value is -2.82. The second-order valence-corrected chi connectivity index (χ2v) is 8.99. The average molecular weight is 616 g/mol. The van der Waals surface area contributed by atoms with Crippen molar-refractivity contribution in [2.24, 2.45) is 0 Å². The Bertz CT molecular complexity index is 1320. The Labute approximate surface area is 217 Å². The summed E-state index contributed by atoms with van der Waals surface area (Å²) in [5, 5.41) is 72.9. The lowest BCUT2D eigenvalue weighted by Gasteiger charge is -2.41. The molecule has 1 fully saturated rings. The smallest absolute Gasteiger partial charge is 0.198 e. The molecule has 0 amide bonds. The molecule has 0 radical (unpaired) electrons. The van der Waals surface area contributed by atoms with E-state index in [9.17, 15) is 50.1 Å². The van der Waals surface area contributed by atoms with Gasteiger partial charge in [-0.1, -0.05) is 0 Å². The van der Waals surface area contributed by atoms with E-state index < -0.39 is 94.2 Å². The van der Waals surface area contributed by atoms with Crippen molar-refractivity contribution in [3.8, 4) is 23.0 Å². The van der Waals surface area contributed by atoms with E-state index >= 15 is 0 Å². The Balaban J connectivity index is 2.02. The predicted molar refractivity (Wildman–Crippen MR) is 127 cm³/mol. The van der Waals surface area contributed by atoms with E-state index in [4.69, 9.17) is 7.80 Å². The Morgan fingerprint density at radius 3 is 2.17 bits per heavy atom. The number of aliphatic hydroxyl groups excluding tert-OH is 4. The van der Waals surface area contributed by atoms with Gasteiger partial charge in [-0.05, 0) is 25.5 Å². The van der Waals surface area contributed by atoms with E-state index in [-0.39, 0.29) is 22.3 Å². The van der Waals surface area contributed by atoms with E-state index in [0.29, 0.717) is 0 Å². The maximum atomic E-state index is 13.6. The quantitative estimate of drug-likeness (QED) is 0.120. The number of Topliss-reactive ketones (excluding diaryl/α,β-unsaturated/α-hetero) is 1. The third kappa shape index (κ3) is 3.57. The van der Waals surface area contributed by atoms with Gasteiger partial charge in [0.1, 0.15) is 42.0 Å². The number of carbonyl (C=O) groups is 3. The summed E-state index contributed by atoms with van der Waals surface area (Å²) in [5.74, 6) is -5.48. The van der Waals surface area contributed by atoms with Crippen LogP contribution in [0.1, 0.15) is 66.4 Å². The van der Waals surface area contributed by atoms with E-state index in [2.05, 4.69) is 0 Å². The number of hydrogen-bond donors (Lipinski definition) is 7. The highest BCUT2D eigenvalue weighted by atomic mass is 127. The molecule has 0 saturated carbocycles. The van der Waals surface area contributed by atoms with Gasteiger partial charge in [0, 0.05) is 11.1 Å². The van der Waals surface area contributed by atoms with Gasteiger partial charge in [0.05, 0.1) is 28.9 Å². The molecule has 12 nitrogen and oxygen atoms in total. The molecule has 36 heavy (non-hydrogen) atoms. The van der Waals surface area contributed by atoms with Crippen LogP contribution in [0.25, 0.3) is 0 Å². The summed E-state index contributed by atoms with van der Waals surface area (Å²) in [5.41, 5.74) is -2.69. The number of carbonyl (C=O) groups excluding carboxylic acids is 3. The lowest BCUT2D eigenvalue weighted by molar-refractivity contribution is -0.232. The van der Waals surface area contributed by atoms with Crippen LogP contribution in [0.4, 0.5) is 0 Å². The van der Waals surface area contributed by atoms with Crippen LogP contribution >= 0.6 is 23.0 Å². The minimum atomic E-state index is -1.92. The third-order valence-electron chi connectivity index (χ3n) is 6.53. The number of phenols is 3. The second-order valence-electron chi connectivity index (χ2n) is 8.55. The van der Waals surface area contributed by atoms with E-state index in [0.717, 1.165) is 13.0 Å². The molecular formula is C23H21IO12. The van der Waals surface area contributed by atoms with Crippen molar-refractivity contribution in [2.75, 3.05) is 6.61 Å². The van der Waals surface area contributed by atoms with E-state index in [1.807, 2.05) is 0 Å². The van der Waals surface area contributed by atoms with Crippen molar-refractivity contribution < 1.29 is 57.9 Å². The van der Waals surface area contributed by atoms with Crippen LogP contribution in [0.15, 0.2) is 6.07 Å². The van der Waals surface area contributed by atoms with Gasteiger partial charge in [0.15, 0.2) is 51.9 Å². The summed E-state index contributed by atoms with van der Waals surface area (Å²) in [6.45, 7) is 1.70. The Kier molecular flexibility index (Phi) is 6.74. The Morgan fingerprint density at radius 2 is 1.61 bits per heavy atom. The predicted octanol–water partition coefficient (Wildman–Crippen LogP) is 0.334. The van der Waals surface area contributed by atoms with Crippen LogP contribution in [-0.2, 0) is 4.74 Å². The third-order valence-corrected chi connectivity index (χ3v) is 6.97. The van der Waals surface area contributed by atoms with Crippen molar-refractivity contribution in [1.29, 1.82) is 0 Å². The molecule has 1 unspecified atom stereocenters. The number of phenolic OH excluding ortho intramolecular Hbond substituents is 3. The van der Waals surface area contributed by atoms with Gasteiger partial charge in [-0.15, -0.1) is 0 Å². The molecule has 1 aliphatic heterocycles. The van der Waals surface area contributed by atoms with Crippen molar-refractivity contribution in [3.63, 3.8) is 0 Å². The molecule has 0 bridgehead atoms. The largest absolute Gasteiger partial charge is 0.507 e. The molecule has 1 heterocycles. The van der Waals surface area contributed by atoms with Crippen LogP contribution < -0.4 is 3.07 Å². The first kappa shape index (κ1) is 26.2. The van der Waals surface area contributed by atoms with Crippen LogP contribution in [0, 0.1) is 6.92 Å². The van der Waals surface area contributed by atoms with Crippen molar-refractivity contribution in [3.05, 3.63) is 45.0 Å². The van der Waals surface area contributed by atoms with E-state index in [1.165, 1.54) is 29.9 Å². The number of rotatable bonds is 4. The summed E-state index contributed by atoms with van der Waals surface area (Å²) >= 11 is 1.31. The molecule has 0 spiro atoms. The molecule has 13 heteroatoms. The number of ether oxygens (including phenoxy) is 1. The maximum absolute atomic E-state index is 13.6. The number of aliphatic hydroxyl groups is 4. The standard InChI is InChI=1S/C23H21IO12/c1-5-10(6(2)26)8(27)3-7-11(5)17(30)13-12(15(7)28)19(32)23(36-24)14(18(13)31)22-21(34)20(33)16(29)9(4-25)35-22/h3,9,16,20-22,25,27,29,31-34H,4H2,1-2H3/t9-,16-,20+,21-,22?/m1/s1. The number of aromatic hydroxyl groups is 3. The number of ketones is 3. The minimum absolute atomic E-state index is 0.0241. The average Bonchev–Trinajstić information content (AvgIpc) is 2.82.